The number of carbonyl (C=O) groups excluding carboxylic acids is 2. The zero-order chi connectivity index (χ0) is 18.8. The molecule has 8 heteroatoms. The van der Waals surface area contributed by atoms with E-state index < -0.39 is 11.7 Å². The number of aromatic nitrogens is 3. The number of anilines is 2. The average molecular weight is 365 g/mol. The van der Waals surface area contributed by atoms with Gasteiger partial charge < -0.3 is 15.6 Å². The number of hydrogen-bond acceptors (Lipinski definition) is 3. The maximum absolute atomic E-state index is 13.0. The first-order valence-corrected chi connectivity index (χ1v) is 8.40. The van der Waals surface area contributed by atoms with Gasteiger partial charge in [0, 0.05) is 23.1 Å². The number of amides is 2. The molecular formula is C19H16FN5O2. The number of halogens is 1. The summed E-state index contributed by atoms with van der Waals surface area (Å²) in [5, 5.41) is 11.8. The number of fused-ring (bicyclic) bond motifs is 1. The summed E-state index contributed by atoms with van der Waals surface area (Å²) in [4.78, 5) is 28.2. The van der Waals surface area contributed by atoms with E-state index in [9.17, 15) is 14.0 Å². The summed E-state index contributed by atoms with van der Waals surface area (Å²) >= 11 is 0. The van der Waals surface area contributed by atoms with Crippen molar-refractivity contribution in [3.63, 3.8) is 0 Å². The second-order valence-electron chi connectivity index (χ2n) is 6.11. The third kappa shape index (κ3) is 3.37. The molecule has 2 amide bonds. The van der Waals surface area contributed by atoms with Crippen molar-refractivity contribution in [1.82, 2.24) is 15.2 Å². The van der Waals surface area contributed by atoms with Gasteiger partial charge in [-0.15, -0.1) is 0 Å². The fourth-order valence-corrected chi connectivity index (χ4v) is 2.96. The van der Waals surface area contributed by atoms with Crippen molar-refractivity contribution in [2.24, 2.45) is 0 Å². The number of aromatic amines is 2. The number of benzene rings is 1. The van der Waals surface area contributed by atoms with Crippen LogP contribution < -0.4 is 10.6 Å². The minimum atomic E-state index is -0.495. The number of allylic oxidation sites excluding steroid dienone is 1. The summed E-state index contributed by atoms with van der Waals surface area (Å²) in [6.45, 7) is 0. The molecule has 4 rings (SSSR count). The summed E-state index contributed by atoms with van der Waals surface area (Å²) in [5.41, 5.74) is 3.18. The fourth-order valence-electron chi connectivity index (χ4n) is 2.96. The molecule has 7 nitrogen and oxygen atoms in total. The van der Waals surface area contributed by atoms with Crippen LogP contribution in [-0.2, 0) is 6.42 Å². The number of nitrogens with one attached hydrogen (secondary N) is 4. The third-order valence-corrected chi connectivity index (χ3v) is 4.31. The van der Waals surface area contributed by atoms with Crippen LogP contribution in [0.2, 0.25) is 0 Å². The Bertz CT molecular complexity index is 1030. The smallest absolute Gasteiger partial charge is 0.275 e. The number of carbonyl (C=O) groups is 2. The van der Waals surface area contributed by atoms with Crippen LogP contribution in [-0.4, -0.2) is 27.0 Å². The van der Waals surface area contributed by atoms with Crippen LogP contribution >= 0.6 is 0 Å². The predicted octanol–water partition coefficient (Wildman–Crippen LogP) is 3.34. The number of nitrogens with zero attached hydrogens (tertiary/aromatic N) is 1. The molecule has 0 spiro atoms. The highest BCUT2D eigenvalue weighted by Crippen LogP contribution is 2.24. The Morgan fingerprint density at radius 3 is 2.74 bits per heavy atom. The molecule has 2 aromatic heterocycles. The van der Waals surface area contributed by atoms with E-state index in [0.717, 1.165) is 24.1 Å². The van der Waals surface area contributed by atoms with Gasteiger partial charge in [-0.2, -0.15) is 5.10 Å². The summed E-state index contributed by atoms with van der Waals surface area (Å²) in [6, 6.07) is 5.38. The van der Waals surface area contributed by atoms with E-state index in [1.165, 1.54) is 30.5 Å². The highest BCUT2D eigenvalue weighted by Gasteiger charge is 2.21. The lowest BCUT2D eigenvalue weighted by atomic mass is 10.0. The Kier molecular flexibility index (Phi) is 4.29. The van der Waals surface area contributed by atoms with Crippen LogP contribution in [0.15, 0.2) is 42.7 Å². The zero-order valence-corrected chi connectivity index (χ0v) is 14.2. The van der Waals surface area contributed by atoms with E-state index >= 15 is 0 Å². The lowest BCUT2D eigenvalue weighted by Crippen LogP contribution is -2.18. The molecule has 2 heterocycles. The number of rotatable bonds is 4. The second-order valence-corrected chi connectivity index (χ2v) is 6.11. The molecule has 0 aliphatic heterocycles. The minimum absolute atomic E-state index is 0.104. The molecule has 1 aliphatic rings. The van der Waals surface area contributed by atoms with Crippen molar-refractivity contribution in [2.75, 3.05) is 10.6 Å². The Balaban J connectivity index is 1.51. The van der Waals surface area contributed by atoms with E-state index in [0.29, 0.717) is 11.3 Å². The molecule has 0 unspecified atom stereocenters. The van der Waals surface area contributed by atoms with Crippen LogP contribution in [0, 0.1) is 5.82 Å². The summed E-state index contributed by atoms with van der Waals surface area (Å²) in [5.74, 6) is -1.23. The summed E-state index contributed by atoms with van der Waals surface area (Å²) < 4.78 is 13.0. The maximum atomic E-state index is 13.0. The molecular weight excluding hydrogens is 349 g/mol. The highest BCUT2D eigenvalue weighted by molar-refractivity contribution is 6.12. The third-order valence-electron chi connectivity index (χ3n) is 4.31. The standard InChI is InChI=1S/C19H16FN5O2/c20-11-5-7-12(8-6-11)23-19(27)17-16(10-22-25-17)24-18(26)14-9-21-15-4-2-1-3-13(14)15/h1,3,5-10,21H,2,4H2,(H,22,25)(H,23,27)(H,24,26). The van der Waals surface area contributed by atoms with Gasteiger partial charge in [-0.1, -0.05) is 12.2 Å². The second kappa shape index (κ2) is 6.91. The molecule has 0 saturated heterocycles. The SMILES string of the molecule is O=C(Nc1cn[nH]c1C(=O)Nc1ccc(F)cc1)c1c[nH]c2c1C=CCC2. The zero-order valence-electron chi connectivity index (χ0n) is 14.2. The Morgan fingerprint density at radius 1 is 1.11 bits per heavy atom. The minimum Gasteiger partial charge on any atom is -0.364 e. The molecule has 1 aromatic carbocycles. The summed E-state index contributed by atoms with van der Waals surface area (Å²) in [6.07, 6.45) is 8.76. The molecule has 0 saturated carbocycles. The number of H-pyrrole nitrogens is 2. The van der Waals surface area contributed by atoms with Crippen LogP contribution in [0.25, 0.3) is 6.08 Å². The van der Waals surface area contributed by atoms with E-state index in [1.807, 2.05) is 12.2 Å². The topological polar surface area (TPSA) is 103 Å². The van der Waals surface area contributed by atoms with Crippen molar-refractivity contribution in [3.8, 4) is 0 Å². The van der Waals surface area contributed by atoms with Crippen LogP contribution in [0.1, 0.15) is 38.5 Å². The lowest BCUT2D eigenvalue weighted by molar-refractivity contribution is 0.102. The Morgan fingerprint density at radius 2 is 1.93 bits per heavy atom. The molecule has 27 heavy (non-hydrogen) atoms. The first-order valence-electron chi connectivity index (χ1n) is 8.40. The van der Waals surface area contributed by atoms with Crippen molar-refractivity contribution in [1.29, 1.82) is 0 Å². The van der Waals surface area contributed by atoms with E-state index in [2.05, 4.69) is 25.8 Å². The average Bonchev–Trinajstić information content (AvgIpc) is 3.30. The quantitative estimate of drug-likeness (QED) is 0.570. The molecule has 1 aliphatic carbocycles. The van der Waals surface area contributed by atoms with E-state index in [1.54, 1.807) is 6.20 Å². The fraction of sp³-hybridized carbons (Fsp3) is 0.105. The van der Waals surface area contributed by atoms with Crippen molar-refractivity contribution >= 4 is 29.3 Å². The molecule has 0 radical (unpaired) electrons. The van der Waals surface area contributed by atoms with Crippen molar-refractivity contribution in [3.05, 3.63) is 71.1 Å². The Labute approximate surface area is 153 Å². The van der Waals surface area contributed by atoms with Gasteiger partial charge >= 0.3 is 0 Å². The Hall–Kier alpha value is -3.68. The van der Waals surface area contributed by atoms with Gasteiger partial charge in [-0.25, -0.2) is 4.39 Å². The van der Waals surface area contributed by atoms with Crippen molar-refractivity contribution < 1.29 is 14.0 Å². The van der Waals surface area contributed by atoms with Gasteiger partial charge in [0.05, 0.1) is 17.4 Å². The largest absolute Gasteiger partial charge is 0.364 e. The van der Waals surface area contributed by atoms with Gasteiger partial charge in [-0.05, 0) is 37.1 Å². The highest BCUT2D eigenvalue weighted by atomic mass is 19.1. The first kappa shape index (κ1) is 16.8. The monoisotopic (exact) mass is 365 g/mol. The first-order chi connectivity index (χ1) is 13.1. The molecule has 136 valence electrons. The maximum Gasteiger partial charge on any atom is 0.275 e. The van der Waals surface area contributed by atoms with Crippen LogP contribution in [0.3, 0.4) is 0 Å². The molecule has 0 fully saturated rings. The molecule has 0 bridgehead atoms. The van der Waals surface area contributed by atoms with Crippen LogP contribution in [0.5, 0.6) is 0 Å². The van der Waals surface area contributed by atoms with E-state index in [4.69, 9.17) is 0 Å². The lowest BCUT2D eigenvalue weighted by Gasteiger charge is -2.09. The summed E-state index contributed by atoms with van der Waals surface area (Å²) in [7, 11) is 0. The normalized spacial score (nSPS) is 12.5. The number of aryl methyl sites for hydroxylation is 1. The predicted molar refractivity (Wildman–Crippen MR) is 99.0 cm³/mol. The van der Waals surface area contributed by atoms with Gasteiger partial charge in [0.1, 0.15) is 11.5 Å². The van der Waals surface area contributed by atoms with Gasteiger partial charge in [0.2, 0.25) is 0 Å². The van der Waals surface area contributed by atoms with Gasteiger partial charge in [0.15, 0.2) is 0 Å². The van der Waals surface area contributed by atoms with Gasteiger partial charge in [0.25, 0.3) is 11.8 Å². The molecule has 3 aromatic rings. The van der Waals surface area contributed by atoms with E-state index in [-0.39, 0.29) is 17.3 Å². The van der Waals surface area contributed by atoms with Gasteiger partial charge in [-0.3, -0.25) is 14.7 Å². The van der Waals surface area contributed by atoms with Crippen LogP contribution in [0.4, 0.5) is 15.8 Å². The molecule has 0 atom stereocenters. The molecule has 4 N–H and O–H groups in total. The number of hydrogen-bond donors (Lipinski definition) is 4. The van der Waals surface area contributed by atoms with Crippen molar-refractivity contribution in [2.45, 2.75) is 12.8 Å².